The summed E-state index contributed by atoms with van der Waals surface area (Å²) in [6.45, 7) is 6.79. The first-order chi connectivity index (χ1) is 11.1. The number of rotatable bonds is 7. The maximum atomic E-state index is 12.0. The Labute approximate surface area is 138 Å². The molecule has 2 rings (SSSR count). The number of nitrogens with zero attached hydrogens (tertiary/aromatic N) is 1. The molecule has 3 nitrogen and oxygen atoms in total. The lowest BCUT2D eigenvalue weighted by atomic mass is 10.1. The summed E-state index contributed by atoms with van der Waals surface area (Å²) in [6, 6.07) is 11.6. The molecule has 2 aromatic rings. The standard InChI is InChI=1S/C20H25NO2/c1-4-6-16-7-12-19(21-13-16)17-8-10-18(11-9-17)20(22)23-14-15(3)5-2/h7-13,15H,4-6,14H2,1-3H3/t15-/m0/s1. The molecule has 23 heavy (non-hydrogen) atoms. The Hall–Kier alpha value is -2.16. The van der Waals surface area contributed by atoms with Crippen LogP contribution in [-0.4, -0.2) is 17.6 Å². The van der Waals surface area contributed by atoms with Crippen molar-refractivity contribution in [2.24, 2.45) is 5.92 Å². The van der Waals surface area contributed by atoms with Crippen LogP contribution in [0.1, 0.15) is 49.5 Å². The first kappa shape index (κ1) is 17.2. The number of aromatic nitrogens is 1. The Balaban J connectivity index is 2.02. The SMILES string of the molecule is CCCc1ccc(-c2ccc(C(=O)OC[C@@H](C)CC)cc2)nc1. The van der Waals surface area contributed by atoms with Crippen molar-refractivity contribution >= 4 is 5.97 Å². The summed E-state index contributed by atoms with van der Waals surface area (Å²) in [5, 5.41) is 0. The number of carbonyl (C=O) groups excluding carboxylic acids is 1. The van der Waals surface area contributed by atoms with Crippen LogP contribution in [0.15, 0.2) is 42.6 Å². The van der Waals surface area contributed by atoms with Gasteiger partial charge in [0, 0.05) is 11.8 Å². The van der Waals surface area contributed by atoms with Gasteiger partial charge in [0.1, 0.15) is 0 Å². The van der Waals surface area contributed by atoms with Gasteiger partial charge in [0.2, 0.25) is 0 Å². The monoisotopic (exact) mass is 311 g/mol. The van der Waals surface area contributed by atoms with E-state index in [0.717, 1.165) is 30.5 Å². The molecule has 3 heteroatoms. The van der Waals surface area contributed by atoms with Gasteiger partial charge in [0.05, 0.1) is 17.9 Å². The van der Waals surface area contributed by atoms with E-state index in [2.05, 4.69) is 31.8 Å². The van der Waals surface area contributed by atoms with Gasteiger partial charge in [-0.3, -0.25) is 4.98 Å². The van der Waals surface area contributed by atoms with E-state index in [-0.39, 0.29) is 5.97 Å². The van der Waals surface area contributed by atoms with Gasteiger partial charge in [-0.1, -0.05) is 51.8 Å². The third-order valence-corrected chi connectivity index (χ3v) is 3.98. The van der Waals surface area contributed by atoms with Gasteiger partial charge < -0.3 is 4.74 Å². The number of hydrogen-bond donors (Lipinski definition) is 0. The summed E-state index contributed by atoms with van der Waals surface area (Å²) in [7, 11) is 0. The number of benzene rings is 1. The maximum Gasteiger partial charge on any atom is 0.338 e. The summed E-state index contributed by atoms with van der Waals surface area (Å²) < 4.78 is 5.31. The second kappa shape index (κ2) is 8.47. The molecule has 0 unspecified atom stereocenters. The highest BCUT2D eigenvalue weighted by atomic mass is 16.5. The molecule has 0 aliphatic rings. The zero-order valence-electron chi connectivity index (χ0n) is 14.2. The summed E-state index contributed by atoms with van der Waals surface area (Å²) >= 11 is 0. The van der Waals surface area contributed by atoms with E-state index in [1.165, 1.54) is 5.56 Å². The Bertz CT molecular complexity index is 617. The van der Waals surface area contributed by atoms with Gasteiger partial charge >= 0.3 is 5.97 Å². The molecule has 1 aromatic heterocycles. The molecule has 0 saturated carbocycles. The number of aryl methyl sites for hydroxylation is 1. The number of pyridine rings is 1. The van der Waals surface area contributed by atoms with Crippen LogP contribution < -0.4 is 0 Å². The minimum atomic E-state index is -0.261. The average molecular weight is 311 g/mol. The van der Waals surface area contributed by atoms with E-state index in [4.69, 9.17) is 4.74 Å². The average Bonchev–Trinajstić information content (AvgIpc) is 2.60. The molecule has 0 radical (unpaired) electrons. The van der Waals surface area contributed by atoms with E-state index in [9.17, 15) is 4.79 Å². The van der Waals surface area contributed by atoms with E-state index < -0.39 is 0 Å². The van der Waals surface area contributed by atoms with E-state index in [1.807, 2.05) is 24.4 Å². The van der Waals surface area contributed by atoms with Crippen LogP contribution >= 0.6 is 0 Å². The number of ether oxygens (including phenoxy) is 1. The lowest BCUT2D eigenvalue weighted by Gasteiger charge is -2.10. The summed E-state index contributed by atoms with van der Waals surface area (Å²) in [6.07, 6.45) is 5.10. The predicted molar refractivity (Wildman–Crippen MR) is 93.4 cm³/mol. The van der Waals surface area contributed by atoms with Crippen molar-refractivity contribution in [2.45, 2.75) is 40.0 Å². The maximum absolute atomic E-state index is 12.0. The summed E-state index contributed by atoms with van der Waals surface area (Å²) in [5.74, 6) is 0.132. The molecule has 122 valence electrons. The zero-order valence-corrected chi connectivity index (χ0v) is 14.2. The Kier molecular flexibility index (Phi) is 6.33. The van der Waals surface area contributed by atoms with Crippen molar-refractivity contribution in [1.82, 2.24) is 4.98 Å². The number of esters is 1. The highest BCUT2D eigenvalue weighted by molar-refractivity contribution is 5.90. The fourth-order valence-corrected chi connectivity index (χ4v) is 2.23. The van der Waals surface area contributed by atoms with Crippen LogP contribution in [0.2, 0.25) is 0 Å². The number of carbonyl (C=O) groups is 1. The molecule has 0 bridgehead atoms. The lowest BCUT2D eigenvalue weighted by Crippen LogP contribution is -2.11. The molecule has 0 fully saturated rings. The van der Waals surface area contributed by atoms with Crippen molar-refractivity contribution in [2.75, 3.05) is 6.61 Å². The van der Waals surface area contributed by atoms with Crippen molar-refractivity contribution in [3.05, 3.63) is 53.7 Å². The van der Waals surface area contributed by atoms with Crippen LogP contribution in [0.3, 0.4) is 0 Å². The topological polar surface area (TPSA) is 39.2 Å². The van der Waals surface area contributed by atoms with Gasteiger partial charge in [-0.05, 0) is 36.1 Å². The quantitative estimate of drug-likeness (QED) is 0.682. The second-order valence-corrected chi connectivity index (χ2v) is 5.99. The highest BCUT2D eigenvalue weighted by Crippen LogP contribution is 2.19. The molecular weight excluding hydrogens is 286 g/mol. The van der Waals surface area contributed by atoms with Crippen LogP contribution in [0, 0.1) is 5.92 Å². The van der Waals surface area contributed by atoms with Crippen LogP contribution in [0.5, 0.6) is 0 Å². The molecule has 1 atom stereocenters. The zero-order chi connectivity index (χ0) is 16.7. The Morgan fingerprint density at radius 1 is 1.13 bits per heavy atom. The van der Waals surface area contributed by atoms with Crippen molar-refractivity contribution < 1.29 is 9.53 Å². The van der Waals surface area contributed by atoms with Crippen molar-refractivity contribution in [1.29, 1.82) is 0 Å². The third kappa shape index (κ3) is 4.92. The van der Waals surface area contributed by atoms with Gasteiger partial charge in [0.25, 0.3) is 0 Å². The number of hydrogen-bond acceptors (Lipinski definition) is 3. The van der Waals surface area contributed by atoms with E-state index in [1.54, 1.807) is 12.1 Å². The molecule has 1 aromatic carbocycles. The largest absolute Gasteiger partial charge is 0.462 e. The lowest BCUT2D eigenvalue weighted by molar-refractivity contribution is 0.0447. The highest BCUT2D eigenvalue weighted by Gasteiger charge is 2.09. The van der Waals surface area contributed by atoms with Gasteiger partial charge in [-0.15, -0.1) is 0 Å². The molecule has 0 spiro atoms. The summed E-state index contributed by atoms with van der Waals surface area (Å²) in [4.78, 5) is 16.5. The van der Waals surface area contributed by atoms with Crippen LogP contribution in [-0.2, 0) is 11.2 Å². The van der Waals surface area contributed by atoms with Gasteiger partial charge in [0.15, 0.2) is 0 Å². The third-order valence-electron chi connectivity index (χ3n) is 3.98. The van der Waals surface area contributed by atoms with Gasteiger partial charge in [-0.25, -0.2) is 4.79 Å². The van der Waals surface area contributed by atoms with E-state index >= 15 is 0 Å². The molecule has 0 aliphatic carbocycles. The van der Waals surface area contributed by atoms with Crippen LogP contribution in [0.4, 0.5) is 0 Å². The molecule has 0 aliphatic heterocycles. The predicted octanol–water partition coefficient (Wildman–Crippen LogP) is 4.90. The molecule has 0 saturated heterocycles. The Morgan fingerprint density at radius 3 is 2.43 bits per heavy atom. The minimum absolute atomic E-state index is 0.261. The Morgan fingerprint density at radius 2 is 1.87 bits per heavy atom. The smallest absolute Gasteiger partial charge is 0.338 e. The molecule has 0 amide bonds. The fourth-order valence-electron chi connectivity index (χ4n) is 2.23. The molecule has 0 N–H and O–H groups in total. The van der Waals surface area contributed by atoms with E-state index in [0.29, 0.717) is 18.1 Å². The summed E-state index contributed by atoms with van der Waals surface area (Å²) in [5.41, 5.74) is 3.76. The van der Waals surface area contributed by atoms with Crippen molar-refractivity contribution in [3.63, 3.8) is 0 Å². The normalized spacial score (nSPS) is 12.0. The first-order valence-corrected chi connectivity index (χ1v) is 8.36. The molecular formula is C20H25NO2. The minimum Gasteiger partial charge on any atom is -0.462 e. The van der Waals surface area contributed by atoms with Gasteiger partial charge in [-0.2, -0.15) is 0 Å². The first-order valence-electron chi connectivity index (χ1n) is 8.36. The van der Waals surface area contributed by atoms with Crippen molar-refractivity contribution in [3.8, 4) is 11.3 Å². The second-order valence-electron chi connectivity index (χ2n) is 5.99. The van der Waals surface area contributed by atoms with Crippen LogP contribution in [0.25, 0.3) is 11.3 Å². The fraction of sp³-hybridized carbons (Fsp3) is 0.400. The molecule has 1 heterocycles.